The van der Waals surface area contributed by atoms with Crippen LogP contribution in [-0.4, -0.2) is 29.9 Å². The van der Waals surface area contributed by atoms with Crippen molar-refractivity contribution in [1.82, 2.24) is 9.78 Å². The molecular formula is C25H19F2N3O3. The van der Waals surface area contributed by atoms with E-state index in [0.29, 0.717) is 35.1 Å². The number of hydrogen-bond donors (Lipinski definition) is 1. The molecule has 1 aromatic heterocycles. The molecule has 0 fully saturated rings. The number of hydrogen-bond acceptors (Lipinski definition) is 5. The number of nitrogens with zero attached hydrogens (tertiary/aromatic N) is 2. The minimum atomic E-state index is -0.642. The number of nitrogens with one attached hydrogen (secondary N) is 1. The number of anilines is 2. The van der Waals surface area contributed by atoms with Gasteiger partial charge in [-0.2, -0.15) is 4.68 Å². The second-order valence-electron chi connectivity index (χ2n) is 7.55. The first-order valence-electron chi connectivity index (χ1n) is 10.2. The van der Waals surface area contributed by atoms with Gasteiger partial charge >= 0.3 is 0 Å². The van der Waals surface area contributed by atoms with Gasteiger partial charge in [0.05, 0.1) is 25.5 Å². The van der Waals surface area contributed by atoms with Crippen molar-refractivity contribution in [2.45, 2.75) is 6.42 Å². The van der Waals surface area contributed by atoms with Crippen LogP contribution in [-0.2, 0) is 6.42 Å². The summed E-state index contributed by atoms with van der Waals surface area (Å²) in [5, 5.41) is 7.56. The quantitative estimate of drug-likeness (QED) is 0.402. The number of methoxy groups -OCH3 is 2. The molecule has 3 aromatic carbocycles. The van der Waals surface area contributed by atoms with Gasteiger partial charge in [-0.05, 0) is 48.0 Å². The molecule has 4 aromatic rings. The molecule has 6 nitrogen and oxygen atoms in total. The number of carbonyl (C=O) groups excluding carboxylic acids is 1. The molecule has 8 heteroatoms. The standard InChI is InChI=1S/C25H19F2N3O3/c1-32-21-11-14-10-19-23(18(14)13-22(21)33-2)30(25(31)17-8-3-4-9-20(17)27)29-24(19)28-16-7-5-6-15(26)12-16/h3-9,11-13H,10H2,1-2H3,(H,28,29). The SMILES string of the molecule is COc1cc2c(cc1OC)-c1c(c(Nc3cccc(F)c3)nn1C(=O)c1ccccc1F)C2. The largest absolute Gasteiger partial charge is 0.493 e. The van der Waals surface area contributed by atoms with Gasteiger partial charge in [0.15, 0.2) is 17.3 Å². The zero-order valence-corrected chi connectivity index (χ0v) is 17.9. The van der Waals surface area contributed by atoms with Gasteiger partial charge in [0.1, 0.15) is 11.6 Å². The Kier molecular flexibility index (Phi) is 5.05. The van der Waals surface area contributed by atoms with Crippen molar-refractivity contribution in [1.29, 1.82) is 0 Å². The van der Waals surface area contributed by atoms with Crippen LogP contribution in [0.4, 0.5) is 20.3 Å². The lowest BCUT2D eigenvalue weighted by molar-refractivity contribution is 0.0943. The van der Waals surface area contributed by atoms with E-state index in [1.165, 1.54) is 42.1 Å². The highest BCUT2D eigenvalue weighted by molar-refractivity contribution is 6.00. The summed E-state index contributed by atoms with van der Waals surface area (Å²) in [5.74, 6) is -0.224. The van der Waals surface area contributed by atoms with Crippen molar-refractivity contribution in [2.75, 3.05) is 19.5 Å². The van der Waals surface area contributed by atoms with Gasteiger partial charge in [-0.3, -0.25) is 4.79 Å². The molecule has 33 heavy (non-hydrogen) atoms. The lowest BCUT2D eigenvalue weighted by Crippen LogP contribution is -2.16. The molecule has 1 aliphatic rings. The van der Waals surface area contributed by atoms with Crippen LogP contribution in [0.25, 0.3) is 11.3 Å². The Hall–Kier alpha value is -4.20. The molecule has 0 radical (unpaired) electrons. The van der Waals surface area contributed by atoms with E-state index in [-0.39, 0.29) is 5.56 Å². The first-order valence-corrected chi connectivity index (χ1v) is 10.2. The van der Waals surface area contributed by atoms with Crippen LogP contribution in [0, 0.1) is 11.6 Å². The van der Waals surface area contributed by atoms with Crippen molar-refractivity contribution in [3.05, 3.63) is 89.0 Å². The maximum absolute atomic E-state index is 14.4. The van der Waals surface area contributed by atoms with Crippen molar-refractivity contribution >= 4 is 17.4 Å². The fourth-order valence-electron chi connectivity index (χ4n) is 4.07. The predicted molar refractivity (Wildman–Crippen MR) is 119 cm³/mol. The fourth-order valence-corrected chi connectivity index (χ4v) is 4.07. The van der Waals surface area contributed by atoms with Crippen LogP contribution in [0.1, 0.15) is 21.5 Å². The second-order valence-corrected chi connectivity index (χ2v) is 7.55. The van der Waals surface area contributed by atoms with Gasteiger partial charge in [0, 0.05) is 23.2 Å². The van der Waals surface area contributed by atoms with E-state index in [1.807, 2.05) is 6.07 Å². The summed E-state index contributed by atoms with van der Waals surface area (Å²) >= 11 is 0. The lowest BCUT2D eigenvalue weighted by Gasteiger charge is -2.12. The average molecular weight is 447 g/mol. The molecule has 0 saturated carbocycles. The number of ether oxygens (including phenoxy) is 2. The summed E-state index contributed by atoms with van der Waals surface area (Å²) in [4.78, 5) is 13.4. The maximum Gasteiger partial charge on any atom is 0.281 e. The molecule has 0 unspecified atom stereocenters. The van der Waals surface area contributed by atoms with Crippen molar-refractivity contribution < 1.29 is 23.0 Å². The Morgan fingerprint density at radius 2 is 1.76 bits per heavy atom. The molecular weight excluding hydrogens is 428 g/mol. The van der Waals surface area contributed by atoms with E-state index in [9.17, 15) is 13.6 Å². The number of aromatic nitrogens is 2. The molecule has 0 amide bonds. The zero-order chi connectivity index (χ0) is 23.1. The van der Waals surface area contributed by atoms with Crippen LogP contribution in [0.2, 0.25) is 0 Å². The minimum Gasteiger partial charge on any atom is -0.493 e. The van der Waals surface area contributed by atoms with Crippen molar-refractivity contribution in [3.8, 4) is 22.8 Å². The van der Waals surface area contributed by atoms with Gasteiger partial charge in [-0.25, -0.2) is 8.78 Å². The molecule has 0 saturated heterocycles. The van der Waals surface area contributed by atoms with E-state index in [0.717, 1.165) is 16.7 Å². The van der Waals surface area contributed by atoms with E-state index in [4.69, 9.17) is 9.47 Å². The smallest absolute Gasteiger partial charge is 0.281 e. The normalized spacial score (nSPS) is 11.6. The summed E-state index contributed by atoms with van der Waals surface area (Å²) < 4.78 is 40.2. The van der Waals surface area contributed by atoms with E-state index in [2.05, 4.69) is 10.4 Å². The van der Waals surface area contributed by atoms with E-state index in [1.54, 1.807) is 31.4 Å². The second kappa shape index (κ2) is 8.05. The van der Waals surface area contributed by atoms with Crippen molar-refractivity contribution in [2.24, 2.45) is 0 Å². The predicted octanol–water partition coefficient (Wildman–Crippen LogP) is 5.18. The number of carbonyl (C=O) groups is 1. The summed E-state index contributed by atoms with van der Waals surface area (Å²) in [7, 11) is 3.07. The summed E-state index contributed by atoms with van der Waals surface area (Å²) in [6, 6.07) is 15.3. The monoisotopic (exact) mass is 447 g/mol. The third-order valence-electron chi connectivity index (χ3n) is 5.60. The highest BCUT2D eigenvalue weighted by Crippen LogP contribution is 2.45. The van der Waals surface area contributed by atoms with Crippen LogP contribution in [0.15, 0.2) is 60.7 Å². The third-order valence-corrected chi connectivity index (χ3v) is 5.60. The van der Waals surface area contributed by atoms with Crippen LogP contribution >= 0.6 is 0 Å². The lowest BCUT2D eigenvalue weighted by atomic mass is 10.1. The van der Waals surface area contributed by atoms with Gasteiger partial charge in [-0.1, -0.05) is 18.2 Å². The zero-order valence-electron chi connectivity index (χ0n) is 17.9. The molecule has 0 spiro atoms. The summed E-state index contributed by atoms with van der Waals surface area (Å²) in [6.45, 7) is 0. The minimum absolute atomic E-state index is 0.103. The third kappa shape index (κ3) is 3.49. The molecule has 1 aliphatic carbocycles. The Labute approximate surface area is 188 Å². The van der Waals surface area contributed by atoms with Crippen LogP contribution < -0.4 is 14.8 Å². The Balaban J connectivity index is 1.69. The Morgan fingerprint density at radius 3 is 2.48 bits per heavy atom. The van der Waals surface area contributed by atoms with Crippen LogP contribution in [0.3, 0.4) is 0 Å². The number of halogens is 2. The summed E-state index contributed by atoms with van der Waals surface area (Å²) in [6.07, 6.45) is 0.452. The van der Waals surface area contributed by atoms with Crippen molar-refractivity contribution in [3.63, 3.8) is 0 Å². The highest BCUT2D eigenvalue weighted by atomic mass is 19.1. The van der Waals surface area contributed by atoms with Gasteiger partial charge in [0.2, 0.25) is 0 Å². The molecule has 1 heterocycles. The Morgan fingerprint density at radius 1 is 1.00 bits per heavy atom. The molecule has 1 N–H and O–H groups in total. The maximum atomic E-state index is 14.4. The molecule has 0 bridgehead atoms. The molecule has 5 rings (SSSR count). The van der Waals surface area contributed by atoms with E-state index < -0.39 is 17.5 Å². The molecule has 166 valence electrons. The fraction of sp³-hybridized carbons (Fsp3) is 0.120. The first-order chi connectivity index (χ1) is 16.0. The van der Waals surface area contributed by atoms with Crippen LogP contribution in [0.5, 0.6) is 11.5 Å². The molecule has 0 aliphatic heterocycles. The Bertz CT molecular complexity index is 1400. The average Bonchev–Trinajstić information content (AvgIpc) is 3.35. The topological polar surface area (TPSA) is 65.4 Å². The van der Waals surface area contributed by atoms with Gasteiger partial charge < -0.3 is 14.8 Å². The summed E-state index contributed by atoms with van der Waals surface area (Å²) in [5.41, 5.74) is 3.26. The number of benzene rings is 3. The first kappa shape index (κ1) is 20.7. The highest BCUT2D eigenvalue weighted by Gasteiger charge is 2.32. The van der Waals surface area contributed by atoms with Gasteiger partial charge in [-0.15, -0.1) is 5.10 Å². The number of rotatable bonds is 5. The van der Waals surface area contributed by atoms with Gasteiger partial charge in [0.25, 0.3) is 5.91 Å². The number of fused-ring (bicyclic) bond motifs is 3. The van der Waals surface area contributed by atoms with E-state index >= 15 is 0 Å². The molecule has 0 atom stereocenters.